The summed E-state index contributed by atoms with van der Waals surface area (Å²) < 4.78 is 12.9. The first-order valence-electron chi connectivity index (χ1n) is 9.92. The Hall–Kier alpha value is -3.51. The monoisotopic (exact) mass is 431 g/mol. The standard InChI is InChI=1S/C25H25N3O2S/c1-27(2)24-23(18-8-6-5-7-9-18)28(20-12-16-22(30-4)17-13-20)25(31-24)26-19-10-14-21(29-3)15-11-19/h5-17H,1-4H3. The molecular weight excluding hydrogens is 406 g/mol. The van der Waals surface area contributed by atoms with Crippen molar-refractivity contribution in [3.8, 4) is 28.4 Å². The zero-order valence-electron chi connectivity index (χ0n) is 18.1. The van der Waals surface area contributed by atoms with Gasteiger partial charge in [-0.15, -0.1) is 0 Å². The van der Waals surface area contributed by atoms with Gasteiger partial charge >= 0.3 is 0 Å². The van der Waals surface area contributed by atoms with Crippen LogP contribution in [0.4, 0.5) is 10.7 Å². The molecule has 0 amide bonds. The highest BCUT2D eigenvalue weighted by Crippen LogP contribution is 2.35. The van der Waals surface area contributed by atoms with Crippen LogP contribution in [0.15, 0.2) is 83.9 Å². The summed E-state index contributed by atoms with van der Waals surface area (Å²) in [4.78, 5) is 8.02. The highest BCUT2D eigenvalue weighted by molar-refractivity contribution is 7.14. The average molecular weight is 432 g/mol. The molecule has 158 valence electrons. The SMILES string of the molecule is COc1ccc(N=c2sc(N(C)C)c(-c3ccccc3)n2-c2ccc(OC)cc2)cc1. The van der Waals surface area contributed by atoms with Crippen LogP contribution in [-0.4, -0.2) is 32.9 Å². The normalized spacial score (nSPS) is 11.4. The topological polar surface area (TPSA) is 39.0 Å². The van der Waals surface area contributed by atoms with E-state index < -0.39 is 0 Å². The Balaban J connectivity index is 2.00. The zero-order valence-corrected chi connectivity index (χ0v) is 18.9. The number of hydrogen-bond acceptors (Lipinski definition) is 5. The lowest BCUT2D eigenvalue weighted by Crippen LogP contribution is -2.14. The van der Waals surface area contributed by atoms with Gasteiger partial charge in [-0.3, -0.25) is 4.57 Å². The smallest absolute Gasteiger partial charge is 0.197 e. The number of rotatable bonds is 6. The molecule has 4 rings (SSSR count). The van der Waals surface area contributed by atoms with E-state index in [0.29, 0.717) is 0 Å². The predicted octanol–water partition coefficient (Wildman–Crippen LogP) is 5.52. The summed E-state index contributed by atoms with van der Waals surface area (Å²) in [5.74, 6) is 1.63. The molecule has 1 heterocycles. The summed E-state index contributed by atoms with van der Waals surface area (Å²) in [6.07, 6.45) is 0. The summed E-state index contributed by atoms with van der Waals surface area (Å²) in [6.45, 7) is 0. The van der Waals surface area contributed by atoms with Gasteiger partial charge in [0.15, 0.2) is 4.80 Å². The third kappa shape index (κ3) is 4.34. The van der Waals surface area contributed by atoms with Crippen molar-refractivity contribution in [3.05, 3.63) is 83.7 Å². The van der Waals surface area contributed by atoms with Crippen LogP contribution in [0.1, 0.15) is 0 Å². The average Bonchev–Trinajstić information content (AvgIpc) is 3.19. The molecule has 0 spiro atoms. The molecule has 0 unspecified atom stereocenters. The maximum absolute atomic E-state index is 5.36. The quantitative estimate of drug-likeness (QED) is 0.403. The molecule has 0 fully saturated rings. The number of aromatic nitrogens is 1. The second kappa shape index (κ2) is 9.10. The van der Waals surface area contributed by atoms with Crippen LogP contribution in [-0.2, 0) is 0 Å². The minimum Gasteiger partial charge on any atom is -0.497 e. The Bertz CT molecular complexity index is 1210. The van der Waals surface area contributed by atoms with Crippen LogP contribution in [0.3, 0.4) is 0 Å². The van der Waals surface area contributed by atoms with Gasteiger partial charge in [-0.2, -0.15) is 0 Å². The first-order valence-corrected chi connectivity index (χ1v) is 10.7. The lowest BCUT2D eigenvalue weighted by Gasteiger charge is -2.15. The van der Waals surface area contributed by atoms with E-state index in [0.717, 1.165) is 43.9 Å². The number of methoxy groups -OCH3 is 2. The second-order valence-electron chi connectivity index (χ2n) is 7.14. The second-order valence-corrected chi connectivity index (χ2v) is 8.10. The summed E-state index contributed by atoms with van der Waals surface area (Å²) in [5, 5.41) is 1.13. The van der Waals surface area contributed by atoms with E-state index >= 15 is 0 Å². The molecule has 0 radical (unpaired) electrons. The maximum atomic E-state index is 5.36. The van der Waals surface area contributed by atoms with Gasteiger partial charge < -0.3 is 14.4 Å². The van der Waals surface area contributed by atoms with E-state index in [4.69, 9.17) is 14.5 Å². The Labute approximate surface area is 186 Å². The Morgan fingerprint density at radius 2 is 1.35 bits per heavy atom. The number of thiazole rings is 1. The van der Waals surface area contributed by atoms with Gasteiger partial charge in [0.1, 0.15) is 16.5 Å². The summed E-state index contributed by atoms with van der Waals surface area (Å²) in [6, 6.07) is 26.3. The predicted molar refractivity (Wildman–Crippen MR) is 128 cm³/mol. The molecule has 31 heavy (non-hydrogen) atoms. The van der Waals surface area contributed by atoms with Crippen LogP contribution in [0, 0.1) is 0 Å². The van der Waals surface area contributed by atoms with Gasteiger partial charge in [-0.1, -0.05) is 41.7 Å². The van der Waals surface area contributed by atoms with E-state index in [1.54, 1.807) is 25.6 Å². The van der Waals surface area contributed by atoms with Crippen molar-refractivity contribution in [1.82, 2.24) is 4.57 Å². The first kappa shape index (κ1) is 20.8. The third-order valence-electron chi connectivity index (χ3n) is 4.89. The molecule has 5 nitrogen and oxygen atoms in total. The van der Waals surface area contributed by atoms with Crippen LogP contribution in [0.2, 0.25) is 0 Å². The molecule has 0 atom stereocenters. The fourth-order valence-corrected chi connectivity index (χ4v) is 4.43. The van der Waals surface area contributed by atoms with Gasteiger partial charge in [0.2, 0.25) is 0 Å². The van der Waals surface area contributed by atoms with Gasteiger partial charge in [-0.25, -0.2) is 4.99 Å². The molecule has 6 heteroatoms. The number of hydrogen-bond donors (Lipinski definition) is 0. The van der Waals surface area contributed by atoms with Gasteiger partial charge in [0.05, 0.1) is 25.6 Å². The third-order valence-corrected chi connectivity index (χ3v) is 6.09. The largest absolute Gasteiger partial charge is 0.497 e. The van der Waals surface area contributed by atoms with E-state index in [1.165, 1.54) is 0 Å². The molecule has 0 aliphatic rings. The molecular formula is C25H25N3O2S. The molecule has 1 aromatic heterocycles. The number of anilines is 1. The van der Waals surface area contributed by atoms with Crippen LogP contribution in [0.5, 0.6) is 11.5 Å². The molecule has 4 aromatic rings. The van der Waals surface area contributed by atoms with E-state index in [2.05, 4.69) is 60.0 Å². The highest BCUT2D eigenvalue weighted by atomic mass is 32.1. The van der Waals surface area contributed by atoms with Crippen molar-refractivity contribution in [2.75, 3.05) is 33.2 Å². The molecule has 0 bridgehead atoms. The van der Waals surface area contributed by atoms with Crippen molar-refractivity contribution < 1.29 is 9.47 Å². The number of benzene rings is 3. The van der Waals surface area contributed by atoms with Crippen molar-refractivity contribution >= 4 is 22.0 Å². The minimum atomic E-state index is 0.812. The summed E-state index contributed by atoms with van der Waals surface area (Å²) in [5.41, 5.74) is 4.13. The van der Waals surface area contributed by atoms with Crippen molar-refractivity contribution in [1.29, 1.82) is 0 Å². The van der Waals surface area contributed by atoms with Gasteiger partial charge in [-0.05, 0) is 48.5 Å². The molecule has 0 aliphatic heterocycles. The van der Waals surface area contributed by atoms with Crippen LogP contribution >= 0.6 is 11.3 Å². The van der Waals surface area contributed by atoms with Crippen molar-refractivity contribution in [3.63, 3.8) is 0 Å². The molecule has 3 aromatic carbocycles. The van der Waals surface area contributed by atoms with Crippen molar-refractivity contribution in [2.24, 2.45) is 4.99 Å². The number of ether oxygens (including phenoxy) is 2. The summed E-state index contributed by atoms with van der Waals surface area (Å²) >= 11 is 1.66. The van der Waals surface area contributed by atoms with Crippen molar-refractivity contribution in [2.45, 2.75) is 0 Å². The minimum absolute atomic E-state index is 0.812. The fraction of sp³-hybridized carbons (Fsp3) is 0.160. The molecule has 0 saturated carbocycles. The molecule has 0 saturated heterocycles. The number of nitrogens with zero attached hydrogens (tertiary/aromatic N) is 3. The van der Waals surface area contributed by atoms with E-state index in [-0.39, 0.29) is 0 Å². The Kier molecular flexibility index (Phi) is 6.09. The van der Waals surface area contributed by atoms with Gasteiger partial charge in [0, 0.05) is 25.3 Å². The van der Waals surface area contributed by atoms with E-state index in [9.17, 15) is 0 Å². The zero-order chi connectivity index (χ0) is 21.8. The lowest BCUT2D eigenvalue weighted by atomic mass is 10.1. The van der Waals surface area contributed by atoms with Crippen LogP contribution < -0.4 is 19.2 Å². The Morgan fingerprint density at radius 1 is 0.774 bits per heavy atom. The lowest BCUT2D eigenvalue weighted by molar-refractivity contribution is 0.414. The van der Waals surface area contributed by atoms with Crippen LogP contribution in [0.25, 0.3) is 16.9 Å². The molecule has 0 aliphatic carbocycles. The fourth-order valence-electron chi connectivity index (χ4n) is 3.33. The highest BCUT2D eigenvalue weighted by Gasteiger charge is 2.18. The first-order chi connectivity index (χ1) is 15.1. The Morgan fingerprint density at radius 3 is 1.90 bits per heavy atom. The molecule has 0 N–H and O–H groups in total. The van der Waals surface area contributed by atoms with E-state index in [1.807, 2.05) is 42.5 Å². The maximum Gasteiger partial charge on any atom is 0.197 e. The van der Waals surface area contributed by atoms with Gasteiger partial charge in [0.25, 0.3) is 0 Å². The summed E-state index contributed by atoms with van der Waals surface area (Å²) in [7, 11) is 7.47.